The summed E-state index contributed by atoms with van der Waals surface area (Å²) in [5.41, 5.74) is 1.90. The van der Waals surface area contributed by atoms with Crippen molar-refractivity contribution in [3.05, 3.63) is 47.4 Å². The summed E-state index contributed by atoms with van der Waals surface area (Å²) in [6.07, 6.45) is 3.16. The maximum atomic E-state index is 10.1. The molecule has 1 aromatic carbocycles. The van der Waals surface area contributed by atoms with Crippen LogP contribution in [-0.4, -0.2) is 14.7 Å². The average molecular weight is 244 g/mol. The summed E-state index contributed by atoms with van der Waals surface area (Å²) in [6.45, 7) is 4.70. The van der Waals surface area contributed by atoms with Crippen LogP contribution in [0.3, 0.4) is 0 Å². The van der Waals surface area contributed by atoms with Gasteiger partial charge in [-0.15, -0.1) is 0 Å². The molecule has 0 unspecified atom stereocenters. The number of imidazole rings is 1. The summed E-state index contributed by atoms with van der Waals surface area (Å²) in [4.78, 5) is 4.46. The standard InChI is InChI=1S/C15H20N2O/c1-3-4-10-14-16-12(2)15(18)17(14)11-13-8-6-5-7-9-13/h5-9,18H,3-4,10-11H2,1-2H3. The van der Waals surface area contributed by atoms with Crippen LogP contribution >= 0.6 is 0 Å². The molecular formula is C15H20N2O. The van der Waals surface area contributed by atoms with Gasteiger partial charge >= 0.3 is 0 Å². The molecule has 0 aliphatic rings. The Balaban J connectivity index is 2.25. The quantitative estimate of drug-likeness (QED) is 0.876. The van der Waals surface area contributed by atoms with E-state index in [-0.39, 0.29) is 0 Å². The lowest BCUT2D eigenvalue weighted by atomic mass is 10.2. The van der Waals surface area contributed by atoms with Crippen LogP contribution in [0.1, 0.15) is 36.8 Å². The van der Waals surface area contributed by atoms with E-state index in [9.17, 15) is 5.11 Å². The third-order valence-electron chi connectivity index (χ3n) is 3.13. The maximum absolute atomic E-state index is 10.1. The van der Waals surface area contributed by atoms with Crippen molar-refractivity contribution in [3.63, 3.8) is 0 Å². The molecule has 0 amide bonds. The van der Waals surface area contributed by atoms with Gasteiger partial charge < -0.3 is 5.11 Å². The van der Waals surface area contributed by atoms with E-state index in [2.05, 4.69) is 24.0 Å². The summed E-state index contributed by atoms with van der Waals surface area (Å²) in [7, 11) is 0. The molecule has 0 radical (unpaired) electrons. The average Bonchev–Trinajstić information content (AvgIpc) is 2.65. The van der Waals surface area contributed by atoms with Crippen molar-refractivity contribution in [2.24, 2.45) is 0 Å². The van der Waals surface area contributed by atoms with Gasteiger partial charge in [0.05, 0.1) is 12.2 Å². The van der Waals surface area contributed by atoms with E-state index in [1.54, 1.807) is 0 Å². The molecule has 3 nitrogen and oxygen atoms in total. The van der Waals surface area contributed by atoms with Crippen LogP contribution in [0.25, 0.3) is 0 Å². The zero-order valence-corrected chi connectivity index (χ0v) is 11.1. The number of rotatable bonds is 5. The van der Waals surface area contributed by atoms with Crippen molar-refractivity contribution in [2.75, 3.05) is 0 Å². The second-order valence-corrected chi connectivity index (χ2v) is 4.61. The highest BCUT2D eigenvalue weighted by Gasteiger charge is 2.13. The van der Waals surface area contributed by atoms with E-state index in [1.807, 2.05) is 29.7 Å². The van der Waals surface area contributed by atoms with Gasteiger partial charge in [0.25, 0.3) is 0 Å². The minimum Gasteiger partial charge on any atom is -0.493 e. The van der Waals surface area contributed by atoms with Gasteiger partial charge in [0.1, 0.15) is 5.82 Å². The summed E-state index contributed by atoms with van der Waals surface area (Å²) >= 11 is 0. The Morgan fingerprint density at radius 1 is 1.22 bits per heavy atom. The molecule has 0 spiro atoms. The maximum Gasteiger partial charge on any atom is 0.214 e. The SMILES string of the molecule is CCCCc1nc(C)c(O)n1Cc1ccccc1. The molecule has 1 N–H and O–H groups in total. The van der Waals surface area contributed by atoms with Gasteiger partial charge in [-0.25, -0.2) is 4.98 Å². The van der Waals surface area contributed by atoms with Crippen LogP contribution in [-0.2, 0) is 13.0 Å². The van der Waals surface area contributed by atoms with Crippen molar-refractivity contribution in [3.8, 4) is 5.88 Å². The fraction of sp³-hybridized carbons (Fsp3) is 0.400. The molecule has 0 saturated heterocycles. The molecule has 0 aliphatic carbocycles. The first-order valence-electron chi connectivity index (χ1n) is 6.51. The van der Waals surface area contributed by atoms with Crippen molar-refractivity contribution in [1.82, 2.24) is 9.55 Å². The lowest BCUT2D eigenvalue weighted by Gasteiger charge is -2.08. The second kappa shape index (κ2) is 5.71. The Bertz CT molecular complexity index is 503. The largest absolute Gasteiger partial charge is 0.493 e. The molecule has 0 fully saturated rings. The summed E-state index contributed by atoms with van der Waals surface area (Å²) in [6, 6.07) is 10.2. The van der Waals surface area contributed by atoms with Gasteiger partial charge in [0.2, 0.25) is 5.88 Å². The molecular weight excluding hydrogens is 224 g/mol. The van der Waals surface area contributed by atoms with E-state index in [0.717, 1.165) is 30.8 Å². The van der Waals surface area contributed by atoms with Gasteiger partial charge in [-0.05, 0) is 18.9 Å². The molecule has 0 saturated carbocycles. The van der Waals surface area contributed by atoms with Crippen LogP contribution in [0, 0.1) is 6.92 Å². The van der Waals surface area contributed by atoms with E-state index in [4.69, 9.17) is 0 Å². The summed E-state index contributed by atoms with van der Waals surface area (Å²) in [5, 5.41) is 10.1. The molecule has 1 aromatic heterocycles. The van der Waals surface area contributed by atoms with Crippen LogP contribution in [0.5, 0.6) is 5.88 Å². The smallest absolute Gasteiger partial charge is 0.214 e. The minimum absolute atomic E-state index is 0.296. The molecule has 0 bridgehead atoms. The lowest BCUT2D eigenvalue weighted by Crippen LogP contribution is -2.05. The van der Waals surface area contributed by atoms with Crippen LogP contribution in [0.15, 0.2) is 30.3 Å². The van der Waals surface area contributed by atoms with Crippen LogP contribution in [0.2, 0.25) is 0 Å². The number of nitrogens with zero attached hydrogens (tertiary/aromatic N) is 2. The highest BCUT2D eigenvalue weighted by atomic mass is 16.3. The molecule has 1 heterocycles. The third kappa shape index (κ3) is 2.73. The number of aryl methyl sites for hydroxylation is 2. The Hall–Kier alpha value is -1.77. The first-order chi connectivity index (χ1) is 8.72. The second-order valence-electron chi connectivity index (χ2n) is 4.61. The molecule has 3 heteroatoms. The highest BCUT2D eigenvalue weighted by Crippen LogP contribution is 2.21. The van der Waals surface area contributed by atoms with Gasteiger partial charge in [-0.2, -0.15) is 0 Å². The van der Waals surface area contributed by atoms with E-state index < -0.39 is 0 Å². The molecule has 18 heavy (non-hydrogen) atoms. The minimum atomic E-state index is 0.296. The van der Waals surface area contributed by atoms with E-state index >= 15 is 0 Å². The first-order valence-corrected chi connectivity index (χ1v) is 6.51. The van der Waals surface area contributed by atoms with Gasteiger partial charge in [0, 0.05) is 6.42 Å². The normalized spacial score (nSPS) is 10.8. The predicted octanol–water partition coefficient (Wildman–Crippen LogP) is 3.29. The molecule has 0 aliphatic heterocycles. The van der Waals surface area contributed by atoms with Crippen molar-refractivity contribution in [2.45, 2.75) is 39.7 Å². The molecule has 0 atom stereocenters. The first kappa shape index (κ1) is 12.7. The van der Waals surface area contributed by atoms with Crippen molar-refractivity contribution in [1.29, 1.82) is 0 Å². The number of hydrogen-bond acceptors (Lipinski definition) is 2. The van der Waals surface area contributed by atoms with Gasteiger partial charge in [0.15, 0.2) is 0 Å². The topological polar surface area (TPSA) is 38.1 Å². The lowest BCUT2D eigenvalue weighted by molar-refractivity contribution is 0.416. The van der Waals surface area contributed by atoms with Crippen LogP contribution in [0.4, 0.5) is 0 Å². The zero-order valence-electron chi connectivity index (χ0n) is 11.1. The van der Waals surface area contributed by atoms with Crippen molar-refractivity contribution >= 4 is 0 Å². The Morgan fingerprint density at radius 3 is 2.61 bits per heavy atom. The zero-order chi connectivity index (χ0) is 13.0. The highest BCUT2D eigenvalue weighted by molar-refractivity contribution is 5.24. The van der Waals surface area contributed by atoms with Gasteiger partial charge in [-0.1, -0.05) is 43.7 Å². The number of unbranched alkanes of at least 4 members (excludes halogenated alkanes) is 1. The van der Waals surface area contributed by atoms with Gasteiger partial charge in [-0.3, -0.25) is 4.57 Å². The molecule has 2 aromatic rings. The fourth-order valence-corrected chi connectivity index (χ4v) is 2.08. The monoisotopic (exact) mass is 244 g/mol. The fourth-order valence-electron chi connectivity index (χ4n) is 2.08. The molecule has 2 rings (SSSR count). The number of benzene rings is 1. The van der Waals surface area contributed by atoms with Crippen molar-refractivity contribution < 1.29 is 5.11 Å². The predicted molar refractivity (Wildman–Crippen MR) is 72.8 cm³/mol. The van der Waals surface area contributed by atoms with E-state index in [1.165, 1.54) is 5.56 Å². The molecule has 96 valence electrons. The third-order valence-corrected chi connectivity index (χ3v) is 3.13. The number of aromatic nitrogens is 2. The van der Waals surface area contributed by atoms with Crippen LogP contribution < -0.4 is 0 Å². The Kier molecular flexibility index (Phi) is 4.03. The van der Waals surface area contributed by atoms with E-state index in [0.29, 0.717) is 12.4 Å². The Morgan fingerprint density at radius 2 is 1.94 bits per heavy atom. The Labute approximate surface area is 108 Å². The summed E-state index contributed by atoms with van der Waals surface area (Å²) in [5.74, 6) is 1.28. The summed E-state index contributed by atoms with van der Waals surface area (Å²) < 4.78 is 1.92. The number of hydrogen-bond donors (Lipinski definition) is 1. The number of aromatic hydroxyl groups is 1.